The van der Waals surface area contributed by atoms with E-state index in [0.29, 0.717) is 12.1 Å². The minimum atomic E-state index is -3.49. The topological polar surface area (TPSA) is 67.5 Å². The second-order valence-corrected chi connectivity index (χ2v) is 13.9. The van der Waals surface area contributed by atoms with Gasteiger partial charge in [-0.15, -0.1) is 0 Å². The Morgan fingerprint density at radius 2 is 1.88 bits per heavy atom. The maximum Gasteiger partial charge on any atom is 0.302 e. The molecule has 0 radical (unpaired) electrons. The summed E-state index contributed by atoms with van der Waals surface area (Å²) in [6, 6.07) is 5.40. The summed E-state index contributed by atoms with van der Waals surface area (Å²) in [6.45, 7) is 9.17. The molecule has 2 N–H and O–H groups in total. The Bertz CT molecular complexity index is 764. The van der Waals surface area contributed by atoms with E-state index in [1.807, 2.05) is 0 Å². The Morgan fingerprint density at radius 3 is 2.42 bits per heavy atom. The zero-order valence-corrected chi connectivity index (χ0v) is 17.0. The number of benzene rings is 1. The summed E-state index contributed by atoms with van der Waals surface area (Å²) in [6.07, 6.45) is 0. The fraction of sp³-hybridized carbons (Fsp3) is 0.611. The zero-order chi connectivity index (χ0) is 19.8. The van der Waals surface area contributed by atoms with E-state index in [4.69, 9.17) is 4.74 Å². The van der Waals surface area contributed by atoms with Crippen LogP contribution in [0.5, 0.6) is 0 Å². The van der Waals surface area contributed by atoms with Gasteiger partial charge in [-0.1, -0.05) is 31.8 Å². The van der Waals surface area contributed by atoms with Crippen LogP contribution < -0.4 is 0 Å². The molecule has 0 spiro atoms. The Kier molecular flexibility index (Phi) is 5.92. The maximum atomic E-state index is 14.7. The summed E-state index contributed by atoms with van der Waals surface area (Å²) in [7, 11) is -1.24. The fourth-order valence-corrected chi connectivity index (χ4v) is 3.33. The van der Waals surface area contributed by atoms with Gasteiger partial charge in [-0.3, -0.25) is 0 Å². The van der Waals surface area contributed by atoms with Crippen molar-refractivity contribution in [1.82, 2.24) is 9.55 Å². The van der Waals surface area contributed by atoms with E-state index in [1.165, 1.54) is 12.1 Å². The molecule has 0 atom stereocenters. The number of aliphatic hydroxyl groups excluding tert-OH is 1. The molecule has 1 heterocycles. The smallest absolute Gasteiger partial charge is 0.302 e. The first-order valence-corrected chi connectivity index (χ1v) is 12.4. The van der Waals surface area contributed by atoms with Gasteiger partial charge in [0.2, 0.25) is 0 Å². The lowest BCUT2D eigenvalue weighted by Crippen LogP contribution is -2.40. The highest BCUT2D eigenvalue weighted by molar-refractivity contribution is 6.76. The van der Waals surface area contributed by atoms with Gasteiger partial charge in [-0.25, -0.2) is 4.98 Å². The molecular weight excluding hydrogens is 358 g/mol. The van der Waals surface area contributed by atoms with Crippen molar-refractivity contribution in [2.45, 2.75) is 64.4 Å². The molecule has 1 aromatic carbocycles. The summed E-state index contributed by atoms with van der Waals surface area (Å²) in [5.41, 5.74) is -2.09. The van der Waals surface area contributed by atoms with Crippen molar-refractivity contribution in [2.24, 2.45) is 0 Å². The van der Waals surface area contributed by atoms with Crippen LogP contribution in [0, 0.1) is 0 Å². The molecule has 1 aromatic heterocycles. The average Bonchev–Trinajstić information content (AvgIpc) is 2.87. The van der Waals surface area contributed by atoms with Gasteiger partial charge >= 0.3 is 5.92 Å². The van der Waals surface area contributed by atoms with Gasteiger partial charge in [0.15, 0.2) is 0 Å². The predicted octanol–water partition coefficient (Wildman–Crippen LogP) is 3.70. The van der Waals surface area contributed by atoms with Crippen LogP contribution in [-0.4, -0.2) is 40.0 Å². The Labute approximate surface area is 153 Å². The van der Waals surface area contributed by atoms with E-state index in [1.54, 1.807) is 10.6 Å². The van der Waals surface area contributed by atoms with Crippen LogP contribution >= 0.6 is 0 Å². The van der Waals surface area contributed by atoms with Crippen LogP contribution in [0.1, 0.15) is 25.2 Å². The first-order chi connectivity index (χ1) is 11.9. The largest absolute Gasteiger partial charge is 0.388 e. The number of ether oxygens (including phenoxy) is 1. The molecule has 2 rings (SSSR count). The molecule has 26 heavy (non-hydrogen) atoms. The van der Waals surface area contributed by atoms with Gasteiger partial charge in [0, 0.05) is 14.7 Å². The normalized spacial score (nSPS) is 13.6. The molecule has 0 unspecified atom stereocenters. The molecule has 8 heteroatoms. The minimum absolute atomic E-state index is 0.0671. The molecule has 0 aliphatic rings. The molecular formula is C18H28F2N2O3Si. The van der Waals surface area contributed by atoms with Gasteiger partial charge in [0.05, 0.1) is 16.6 Å². The van der Waals surface area contributed by atoms with E-state index in [-0.39, 0.29) is 30.2 Å². The summed E-state index contributed by atoms with van der Waals surface area (Å²) in [5.74, 6) is -3.23. The Morgan fingerprint density at radius 1 is 1.23 bits per heavy atom. The monoisotopic (exact) mass is 386 g/mol. The van der Waals surface area contributed by atoms with Crippen LogP contribution in [-0.2, 0) is 24.0 Å². The van der Waals surface area contributed by atoms with Gasteiger partial charge in [-0.2, -0.15) is 8.78 Å². The molecule has 0 fully saturated rings. The zero-order valence-electron chi connectivity index (χ0n) is 16.0. The number of halogens is 2. The summed E-state index contributed by atoms with van der Waals surface area (Å²) >= 11 is 0. The summed E-state index contributed by atoms with van der Waals surface area (Å²) in [4.78, 5) is 4.19. The second kappa shape index (κ2) is 7.34. The highest BCUT2D eigenvalue weighted by atomic mass is 28.3. The molecule has 0 saturated carbocycles. The van der Waals surface area contributed by atoms with Crippen LogP contribution in [0.2, 0.25) is 25.7 Å². The molecule has 0 saturated heterocycles. The number of hydrogen-bond acceptors (Lipinski definition) is 4. The first kappa shape index (κ1) is 21.0. The highest BCUT2D eigenvalue weighted by Crippen LogP contribution is 2.41. The number of aromatic nitrogens is 2. The number of imidazole rings is 1. The lowest BCUT2D eigenvalue weighted by Gasteiger charge is -2.29. The summed E-state index contributed by atoms with van der Waals surface area (Å²) in [5, 5.41) is 19.5. The highest BCUT2D eigenvalue weighted by Gasteiger charge is 2.48. The second-order valence-electron chi connectivity index (χ2n) is 8.27. The number of fused-ring (bicyclic) bond motifs is 1. The standard InChI is InChI=1S/C18H28F2N2O3Si/c1-17(2,24)18(19,20)13-7-6-8-14-16(13)21-15(11-23)22(14)12-25-9-10-26(3,4)5/h6-8,23-24H,9-12H2,1-5H3. The lowest BCUT2D eigenvalue weighted by atomic mass is 9.92. The maximum absolute atomic E-state index is 14.7. The van der Waals surface area contributed by atoms with Gasteiger partial charge in [0.25, 0.3) is 0 Å². The van der Waals surface area contributed by atoms with Crippen LogP contribution in [0.3, 0.4) is 0 Å². The lowest BCUT2D eigenvalue weighted by molar-refractivity contribution is -0.167. The van der Waals surface area contributed by atoms with E-state index < -0.39 is 19.6 Å². The van der Waals surface area contributed by atoms with Gasteiger partial charge < -0.3 is 19.5 Å². The van der Waals surface area contributed by atoms with Crippen molar-refractivity contribution in [1.29, 1.82) is 0 Å². The summed E-state index contributed by atoms with van der Waals surface area (Å²) < 4.78 is 36.7. The minimum Gasteiger partial charge on any atom is -0.388 e. The van der Waals surface area contributed by atoms with Crippen molar-refractivity contribution >= 4 is 19.1 Å². The van der Waals surface area contributed by atoms with Crippen molar-refractivity contribution in [3.05, 3.63) is 29.6 Å². The number of para-hydroxylation sites is 1. The van der Waals surface area contributed by atoms with Crippen LogP contribution in [0.15, 0.2) is 18.2 Å². The van der Waals surface area contributed by atoms with E-state index in [9.17, 15) is 19.0 Å². The molecule has 5 nitrogen and oxygen atoms in total. The number of aliphatic hydroxyl groups is 2. The van der Waals surface area contributed by atoms with Crippen LogP contribution in [0.4, 0.5) is 8.78 Å². The quantitative estimate of drug-likeness (QED) is 0.536. The predicted molar refractivity (Wildman–Crippen MR) is 100.0 cm³/mol. The number of alkyl halides is 2. The number of rotatable bonds is 8. The third-order valence-corrected chi connectivity index (χ3v) is 6.03. The van der Waals surface area contributed by atoms with E-state index >= 15 is 0 Å². The van der Waals surface area contributed by atoms with Crippen molar-refractivity contribution in [3.63, 3.8) is 0 Å². The third kappa shape index (κ3) is 4.31. The van der Waals surface area contributed by atoms with E-state index in [0.717, 1.165) is 19.9 Å². The van der Waals surface area contributed by atoms with Crippen molar-refractivity contribution in [2.75, 3.05) is 6.61 Å². The first-order valence-electron chi connectivity index (χ1n) is 8.66. The Balaban J connectivity index is 2.39. The molecule has 0 aliphatic carbocycles. The fourth-order valence-electron chi connectivity index (χ4n) is 2.58. The van der Waals surface area contributed by atoms with Gasteiger partial charge in [-0.05, 0) is 26.0 Å². The molecule has 0 aliphatic heterocycles. The molecule has 2 aromatic rings. The molecule has 0 bridgehead atoms. The third-order valence-electron chi connectivity index (χ3n) is 4.32. The average molecular weight is 387 g/mol. The number of hydrogen-bond donors (Lipinski definition) is 2. The molecule has 0 amide bonds. The van der Waals surface area contributed by atoms with Gasteiger partial charge in [0.1, 0.15) is 24.8 Å². The molecule has 146 valence electrons. The SMILES string of the molecule is CC(C)(O)C(F)(F)c1cccc2c1nc(CO)n2COCC[Si](C)(C)C. The van der Waals surface area contributed by atoms with Crippen molar-refractivity contribution < 1.29 is 23.7 Å². The van der Waals surface area contributed by atoms with Crippen molar-refractivity contribution in [3.8, 4) is 0 Å². The number of nitrogens with zero attached hydrogens (tertiary/aromatic N) is 2. The van der Waals surface area contributed by atoms with Crippen LogP contribution in [0.25, 0.3) is 11.0 Å². The van der Waals surface area contributed by atoms with E-state index in [2.05, 4.69) is 24.6 Å². The Hall–Kier alpha value is -1.35.